The number of hydrogen-bond acceptors (Lipinski definition) is 4. The van der Waals surface area contributed by atoms with E-state index in [-0.39, 0.29) is 16.9 Å². The first-order valence-electron chi connectivity index (χ1n) is 6.24. The van der Waals surface area contributed by atoms with Gasteiger partial charge in [0.25, 0.3) is 5.24 Å². The summed E-state index contributed by atoms with van der Waals surface area (Å²) < 4.78 is 10.4. The molecular weight excluding hydrogens is 327 g/mol. The summed E-state index contributed by atoms with van der Waals surface area (Å²) in [5.74, 6) is 0.0516. The first-order valence-corrected chi connectivity index (χ1v) is 7.00. The Bertz CT molecular complexity index is 741. The molecule has 0 aliphatic rings. The van der Waals surface area contributed by atoms with Crippen LogP contribution in [0, 0.1) is 0 Å². The number of ether oxygens (including phenoxy) is 2. The zero-order valence-electron chi connectivity index (χ0n) is 11.9. The number of ketones is 1. The lowest BCUT2D eigenvalue weighted by Gasteiger charge is -2.14. The van der Waals surface area contributed by atoms with Crippen molar-refractivity contribution in [3.63, 3.8) is 0 Å². The van der Waals surface area contributed by atoms with Gasteiger partial charge in [-0.25, -0.2) is 0 Å². The van der Waals surface area contributed by atoms with Gasteiger partial charge in [0, 0.05) is 16.1 Å². The summed E-state index contributed by atoms with van der Waals surface area (Å²) in [7, 11) is 2.82. The Hall–Kier alpha value is -2.04. The molecule has 6 heteroatoms. The van der Waals surface area contributed by atoms with Gasteiger partial charge in [-0.2, -0.15) is 0 Å². The molecule has 2 aromatic rings. The SMILES string of the molecule is COc1ccc(C(=O)Cl)c(C(=O)c2cccc(Cl)c2)c1OC. The lowest BCUT2D eigenvalue weighted by Crippen LogP contribution is -2.10. The quantitative estimate of drug-likeness (QED) is 0.611. The Kier molecular flexibility index (Phi) is 5.06. The molecule has 2 rings (SSSR count). The van der Waals surface area contributed by atoms with E-state index in [0.29, 0.717) is 16.3 Å². The molecule has 0 amide bonds. The Balaban J connectivity index is 2.70. The van der Waals surface area contributed by atoms with E-state index >= 15 is 0 Å². The summed E-state index contributed by atoms with van der Waals surface area (Å²) >= 11 is 11.5. The maximum Gasteiger partial charge on any atom is 0.253 e. The van der Waals surface area contributed by atoms with E-state index in [2.05, 4.69) is 0 Å². The van der Waals surface area contributed by atoms with E-state index in [1.807, 2.05) is 0 Å². The maximum atomic E-state index is 12.8. The lowest BCUT2D eigenvalue weighted by atomic mass is 9.97. The molecule has 0 heterocycles. The first kappa shape index (κ1) is 16.3. The molecule has 0 spiro atoms. The lowest BCUT2D eigenvalue weighted by molar-refractivity contribution is 0.101. The second-order valence-electron chi connectivity index (χ2n) is 4.34. The molecule has 0 aliphatic heterocycles. The van der Waals surface area contributed by atoms with Crippen LogP contribution in [-0.2, 0) is 0 Å². The molecule has 0 saturated carbocycles. The van der Waals surface area contributed by atoms with Crippen molar-refractivity contribution >= 4 is 34.2 Å². The van der Waals surface area contributed by atoms with Crippen LogP contribution in [0.25, 0.3) is 0 Å². The minimum Gasteiger partial charge on any atom is -0.493 e. The number of methoxy groups -OCH3 is 2. The van der Waals surface area contributed by atoms with Gasteiger partial charge in [0.15, 0.2) is 17.3 Å². The molecule has 0 bridgehead atoms. The third kappa shape index (κ3) is 3.08. The van der Waals surface area contributed by atoms with Crippen LogP contribution in [0.1, 0.15) is 26.3 Å². The third-order valence-electron chi connectivity index (χ3n) is 3.07. The Morgan fingerprint density at radius 3 is 2.32 bits per heavy atom. The molecule has 0 atom stereocenters. The number of benzene rings is 2. The zero-order valence-corrected chi connectivity index (χ0v) is 13.4. The summed E-state index contributed by atoms with van der Waals surface area (Å²) in [6.45, 7) is 0. The van der Waals surface area contributed by atoms with Crippen LogP contribution in [0.3, 0.4) is 0 Å². The summed E-state index contributed by atoms with van der Waals surface area (Å²) in [5.41, 5.74) is 0.409. The van der Waals surface area contributed by atoms with Crippen molar-refractivity contribution in [3.8, 4) is 11.5 Å². The number of hydrogen-bond donors (Lipinski definition) is 0. The fraction of sp³-hybridized carbons (Fsp3) is 0.125. The standard InChI is InChI=1S/C16H12Cl2O4/c1-21-12-7-6-11(16(18)20)13(15(12)22-2)14(19)9-4-3-5-10(17)8-9/h3-8H,1-2H3. The molecule has 114 valence electrons. The number of rotatable bonds is 5. The Morgan fingerprint density at radius 1 is 1.05 bits per heavy atom. The van der Waals surface area contributed by atoms with Crippen LogP contribution >= 0.6 is 23.2 Å². The number of carbonyl (C=O) groups excluding carboxylic acids is 2. The molecule has 0 unspecified atom stereocenters. The van der Waals surface area contributed by atoms with Crippen molar-refractivity contribution in [1.29, 1.82) is 0 Å². The van der Waals surface area contributed by atoms with Gasteiger partial charge in [0.2, 0.25) is 0 Å². The van der Waals surface area contributed by atoms with Crippen LogP contribution < -0.4 is 9.47 Å². The van der Waals surface area contributed by atoms with E-state index in [9.17, 15) is 9.59 Å². The highest BCUT2D eigenvalue weighted by atomic mass is 35.5. The van der Waals surface area contributed by atoms with Crippen LogP contribution in [0.4, 0.5) is 0 Å². The van der Waals surface area contributed by atoms with Gasteiger partial charge >= 0.3 is 0 Å². The molecular formula is C16H12Cl2O4. The summed E-state index contributed by atoms with van der Waals surface area (Å²) in [4.78, 5) is 24.4. The van der Waals surface area contributed by atoms with Crippen molar-refractivity contribution in [3.05, 3.63) is 58.1 Å². The van der Waals surface area contributed by atoms with Crippen molar-refractivity contribution in [2.45, 2.75) is 0 Å². The normalized spacial score (nSPS) is 10.2. The van der Waals surface area contributed by atoms with Gasteiger partial charge in [-0.1, -0.05) is 23.7 Å². The van der Waals surface area contributed by atoms with Crippen LogP contribution in [0.2, 0.25) is 5.02 Å². The number of halogens is 2. The predicted molar refractivity (Wildman–Crippen MR) is 84.6 cm³/mol. The van der Waals surface area contributed by atoms with E-state index in [4.69, 9.17) is 32.7 Å². The molecule has 0 N–H and O–H groups in total. The topological polar surface area (TPSA) is 52.6 Å². The van der Waals surface area contributed by atoms with Crippen LogP contribution in [-0.4, -0.2) is 25.2 Å². The summed E-state index contributed by atoms with van der Waals surface area (Å²) in [5, 5.41) is -0.349. The summed E-state index contributed by atoms with van der Waals surface area (Å²) in [6, 6.07) is 9.33. The highest BCUT2D eigenvalue weighted by molar-refractivity contribution is 6.68. The predicted octanol–water partition coefficient (Wildman–Crippen LogP) is 3.97. The average molecular weight is 339 g/mol. The van der Waals surface area contributed by atoms with E-state index < -0.39 is 11.0 Å². The Morgan fingerprint density at radius 2 is 1.77 bits per heavy atom. The first-order chi connectivity index (χ1) is 10.5. The van der Waals surface area contributed by atoms with E-state index in [1.54, 1.807) is 18.2 Å². The smallest absolute Gasteiger partial charge is 0.253 e. The van der Waals surface area contributed by atoms with E-state index in [1.165, 1.54) is 32.4 Å². The molecule has 0 aliphatic carbocycles. The van der Waals surface area contributed by atoms with Crippen LogP contribution in [0.5, 0.6) is 11.5 Å². The second kappa shape index (κ2) is 6.81. The number of carbonyl (C=O) groups is 2. The minimum atomic E-state index is -0.758. The largest absolute Gasteiger partial charge is 0.493 e. The van der Waals surface area contributed by atoms with Crippen LogP contribution in [0.15, 0.2) is 36.4 Å². The van der Waals surface area contributed by atoms with Crippen molar-refractivity contribution in [1.82, 2.24) is 0 Å². The van der Waals surface area contributed by atoms with E-state index in [0.717, 1.165) is 0 Å². The summed E-state index contributed by atoms with van der Waals surface area (Å²) in [6.07, 6.45) is 0. The van der Waals surface area contributed by atoms with Gasteiger partial charge in [0.1, 0.15) is 0 Å². The molecule has 0 saturated heterocycles. The Labute approximate surface area is 137 Å². The molecule has 2 aromatic carbocycles. The highest BCUT2D eigenvalue weighted by Gasteiger charge is 2.25. The highest BCUT2D eigenvalue weighted by Crippen LogP contribution is 2.35. The fourth-order valence-corrected chi connectivity index (χ4v) is 2.44. The molecule has 22 heavy (non-hydrogen) atoms. The zero-order chi connectivity index (χ0) is 16.3. The monoisotopic (exact) mass is 338 g/mol. The van der Waals surface area contributed by atoms with Crippen molar-refractivity contribution in [2.24, 2.45) is 0 Å². The van der Waals surface area contributed by atoms with Gasteiger partial charge in [-0.3, -0.25) is 9.59 Å². The van der Waals surface area contributed by atoms with Crippen molar-refractivity contribution in [2.75, 3.05) is 14.2 Å². The second-order valence-corrected chi connectivity index (χ2v) is 5.12. The minimum absolute atomic E-state index is 0.0455. The third-order valence-corrected chi connectivity index (χ3v) is 3.51. The molecule has 0 fully saturated rings. The molecule has 4 nitrogen and oxygen atoms in total. The maximum absolute atomic E-state index is 12.8. The molecule has 0 radical (unpaired) electrons. The van der Waals surface area contributed by atoms with Gasteiger partial charge in [-0.05, 0) is 35.9 Å². The molecule has 0 aromatic heterocycles. The van der Waals surface area contributed by atoms with Gasteiger partial charge < -0.3 is 9.47 Å². The van der Waals surface area contributed by atoms with Gasteiger partial charge in [-0.15, -0.1) is 0 Å². The van der Waals surface area contributed by atoms with Crippen molar-refractivity contribution < 1.29 is 19.1 Å². The average Bonchev–Trinajstić information content (AvgIpc) is 2.52. The fourth-order valence-electron chi connectivity index (χ4n) is 2.09. The van der Waals surface area contributed by atoms with Gasteiger partial charge in [0.05, 0.1) is 19.8 Å².